The Kier molecular flexibility index (Phi) is 9.12. The zero-order valence-corrected chi connectivity index (χ0v) is 21.1. The van der Waals surface area contributed by atoms with Crippen LogP contribution in [0.1, 0.15) is 48.8 Å². The molecule has 2 amide bonds. The van der Waals surface area contributed by atoms with E-state index in [0.717, 1.165) is 36.8 Å². The molecule has 1 aliphatic rings. The summed E-state index contributed by atoms with van der Waals surface area (Å²) in [7, 11) is 0. The van der Waals surface area contributed by atoms with Crippen LogP contribution in [0.5, 0.6) is 0 Å². The van der Waals surface area contributed by atoms with E-state index in [4.69, 9.17) is 11.6 Å². The second-order valence-corrected chi connectivity index (χ2v) is 9.87. The summed E-state index contributed by atoms with van der Waals surface area (Å²) in [5.74, 6) is -0.698. The average Bonchev–Trinajstić information content (AvgIpc) is 2.89. The van der Waals surface area contributed by atoms with Crippen molar-refractivity contribution in [1.29, 1.82) is 0 Å². The van der Waals surface area contributed by atoms with Crippen LogP contribution in [0.25, 0.3) is 0 Å². The Labute approximate surface area is 217 Å². The van der Waals surface area contributed by atoms with Gasteiger partial charge in [-0.2, -0.15) is 0 Å². The fraction of sp³-hybridized carbons (Fsp3) is 0.333. The Bertz CT molecular complexity index is 1150. The van der Waals surface area contributed by atoms with Crippen molar-refractivity contribution in [2.45, 2.75) is 63.6 Å². The second kappa shape index (κ2) is 12.7. The van der Waals surface area contributed by atoms with E-state index < -0.39 is 6.04 Å². The molecule has 188 valence electrons. The van der Waals surface area contributed by atoms with E-state index in [2.05, 4.69) is 5.32 Å². The Balaban J connectivity index is 1.65. The van der Waals surface area contributed by atoms with Gasteiger partial charge in [0.2, 0.25) is 11.8 Å². The number of hydrogen-bond acceptors (Lipinski definition) is 2. The monoisotopic (exact) mass is 506 g/mol. The molecule has 0 bridgehead atoms. The minimum atomic E-state index is -0.714. The Morgan fingerprint density at radius 3 is 2.25 bits per heavy atom. The maximum Gasteiger partial charge on any atom is 0.243 e. The van der Waals surface area contributed by atoms with Crippen molar-refractivity contribution in [3.05, 3.63) is 106 Å². The molecule has 4 rings (SSSR count). The lowest BCUT2D eigenvalue weighted by Gasteiger charge is -2.33. The van der Waals surface area contributed by atoms with Gasteiger partial charge in [-0.25, -0.2) is 4.39 Å². The molecule has 1 N–H and O–H groups in total. The molecule has 3 aromatic rings. The number of rotatable bonds is 9. The van der Waals surface area contributed by atoms with Crippen LogP contribution in [-0.2, 0) is 29.0 Å². The Hall–Kier alpha value is -3.18. The molecule has 0 spiro atoms. The predicted octanol–water partition coefficient (Wildman–Crippen LogP) is 6.11. The van der Waals surface area contributed by atoms with Crippen molar-refractivity contribution in [1.82, 2.24) is 10.2 Å². The lowest BCUT2D eigenvalue weighted by atomic mass is 9.94. The molecule has 1 fully saturated rings. The quantitative estimate of drug-likeness (QED) is 0.380. The van der Waals surface area contributed by atoms with Crippen molar-refractivity contribution < 1.29 is 14.0 Å². The molecule has 3 aromatic carbocycles. The molecule has 0 aromatic heterocycles. The average molecular weight is 507 g/mol. The normalized spacial score (nSPS) is 14.7. The summed E-state index contributed by atoms with van der Waals surface area (Å²) in [4.78, 5) is 29.1. The molecule has 0 aliphatic heterocycles. The van der Waals surface area contributed by atoms with Crippen LogP contribution in [0.3, 0.4) is 0 Å². The first-order chi connectivity index (χ1) is 17.5. The van der Waals surface area contributed by atoms with Gasteiger partial charge in [0.1, 0.15) is 11.9 Å². The molecule has 36 heavy (non-hydrogen) atoms. The smallest absolute Gasteiger partial charge is 0.243 e. The van der Waals surface area contributed by atoms with Gasteiger partial charge in [-0.1, -0.05) is 91.5 Å². The molecule has 1 aliphatic carbocycles. The first-order valence-corrected chi connectivity index (χ1v) is 13.0. The highest BCUT2D eigenvalue weighted by Gasteiger charge is 2.32. The van der Waals surface area contributed by atoms with Gasteiger partial charge in [0.15, 0.2) is 0 Å². The summed E-state index contributed by atoms with van der Waals surface area (Å²) in [5.41, 5.74) is 2.43. The number of nitrogens with one attached hydrogen (secondary N) is 1. The lowest BCUT2D eigenvalue weighted by molar-refractivity contribution is -0.141. The molecule has 0 saturated heterocycles. The van der Waals surface area contributed by atoms with E-state index in [-0.39, 0.29) is 36.6 Å². The topological polar surface area (TPSA) is 49.4 Å². The highest BCUT2D eigenvalue weighted by atomic mass is 35.5. The Morgan fingerprint density at radius 2 is 1.56 bits per heavy atom. The summed E-state index contributed by atoms with van der Waals surface area (Å²) < 4.78 is 13.6. The van der Waals surface area contributed by atoms with Crippen molar-refractivity contribution in [2.24, 2.45) is 0 Å². The van der Waals surface area contributed by atoms with E-state index in [1.807, 2.05) is 48.5 Å². The van der Waals surface area contributed by atoms with Crippen LogP contribution in [0.15, 0.2) is 78.9 Å². The second-order valence-electron chi connectivity index (χ2n) is 9.47. The number of amides is 2. The van der Waals surface area contributed by atoms with Crippen LogP contribution in [-0.4, -0.2) is 28.8 Å². The zero-order chi connectivity index (χ0) is 25.3. The molecule has 0 radical (unpaired) electrons. The molecule has 1 saturated carbocycles. The van der Waals surface area contributed by atoms with Gasteiger partial charge < -0.3 is 10.2 Å². The molecular formula is C30H32ClFN2O2. The number of hydrogen-bond donors (Lipinski definition) is 1. The number of carbonyl (C=O) groups excluding carboxylic acids is 2. The third kappa shape index (κ3) is 7.17. The Morgan fingerprint density at radius 1 is 0.889 bits per heavy atom. The standard InChI is InChI=1S/C30H32ClFN2O2/c31-27-14-8-7-11-24(27)20-29(35)34(21-23-15-17-25(32)18-16-23)28(19-22-9-3-1-4-10-22)30(36)33-26-12-5-2-6-13-26/h1,3-4,7-11,14-18,26,28H,2,5-6,12-13,19-21H2,(H,33,36)/t28-/m1/s1. The highest BCUT2D eigenvalue weighted by Crippen LogP contribution is 2.22. The molecular weight excluding hydrogens is 475 g/mol. The molecule has 4 nitrogen and oxygen atoms in total. The van der Waals surface area contributed by atoms with Gasteiger partial charge in [0.25, 0.3) is 0 Å². The van der Waals surface area contributed by atoms with Gasteiger partial charge in [-0.15, -0.1) is 0 Å². The first-order valence-electron chi connectivity index (χ1n) is 12.6. The fourth-order valence-corrected chi connectivity index (χ4v) is 4.99. The summed E-state index contributed by atoms with van der Waals surface area (Å²) >= 11 is 6.36. The minimum Gasteiger partial charge on any atom is -0.352 e. The maximum atomic E-state index is 13.8. The number of carbonyl (C=O) groups is 2. The van der Waals surface area contributed by atoms with Crippen LogP contribution in [0.2, 0.25) is 5.02 Å². The lowest BCUT2D eigenvalue weighted by Crippen LogP contribution is -2.53. The highest BCUT2D eigenvalue weighted by molar-refractivity contribution is 6.31. The molecule has 0 heterocycles. The molecule has 6 heteroatoms. The van der Waals surface area contributed by atoms with Crippen LogP contribution in [0, 0.1) is 5.82 Å². The van der Waals surface area contributed by atoms with Crippen molar-refractivity contribution >= 4 is 23.4 Å². The van der Waals surface area contributed by atoms with Gasteiger partial charge >= 0.3 is 0 Å². The number of halogens is 2. The predicted molar refractivity (Wildman–Crippen MR) is 141 cm³/mol. The zero-order valence-electron chi connectivity index (χ0n) is 20.3. The summed E-state index contributed by atoms with van der Waals surface area (Å²) in [6, 6.07) is 22.4. The maximum absolute atomic E-state index is 13.8. The van der Waals surface area contributed by atoms with Crippen LogP contribution in [0.4, 0.5) is 4.39 Å². The summed E-state index contributed by atoms with van der Waals surface area (Å²) in [6.07, 6.45) is 5.74. The molecule has 1 atom stereocenters. The third-order valence-electron chi connectivity index (χ3n) is 6.79. The van der Waals surface area contributed by atoms with E-state index in [1.165, 1.54) is 18.6 Å². The molecule has 0 unspecified atom stereocenters. The SMILES string of the molecule is O=C(NC1CCCCC1)[C@@H](Cc1ccccc1)N(Cc1ccc(F)cc1)C(=O)Cc1ccccc1Cl. The van der Waals surface area contributed by atoms with Crippen molar-refractivity contribution in [3.8, 4) is 0 Å². The third-order valence-corrected chi connectivity index (χ3v) is 7.16. The van der Waals surface area contributed by atoms with Crippen molar-refractivity contribution in [3.63, 3.8) is 0 Å². The minimum absolute atomic E-state index is 0.0723. The van der Waals surface area contributed by atoms with Gasteiger partial charge in [0.05, 0.1) is 6.42 Å². The number of nitrogens with zero attached hydrogens (tertiary/aromatic N) is 1. The van der Waals surface area contributed by atoms with Gasteiger partial charge in [-0.3, -0.25) is 9.59 Å². The fourth-order valence-electron chi connectivity index (χ4n) is 4.79. The van der Waals surface area contributed by atoms with E-state index in [0.29, 0.717) is 17.0 Å². The summed E-state index contributed by atoms with van der Waals surface area (Å²) in [5, 5.41) is 3.74. The van der Waals surface area contributed by atoms with Crippen molar-refractivity contribution in [2.75, 3.05) is 0 Å². The van der Waals surface area contributed by atoms with E-state index in [9.17, 15) is 14.0 Å². The van der Waals surface area contributed by atoms with E-state index in [1.54, 1.807) is 23.1 Å². The van der Waals surface area contributed by atoms with Gasteiger partial charge in [-0.05, 0) is 47.7 Å². The van der Waals surface area contributed by atoms with Gasteiger partial charge in [0, 0.05) is 24.0 Å². The van der Waals surface area contributed by atoms with Crippen LogP contribution < -0.4 is 5.32 Å². The van der Waals surface area contributed by atoms with E-state index >= 15 is 0 Å². The summed E-state index contributed by atoms with van der Waals surface area (Å²) in [6.45, 7) is 0.194. The van der Waals surface area contributed by atoms with Crippen LogP contribution >= 0.6 is 11.6 Å². The largest absolute Gasteiger partial charge is 0.352 e. The first kappa shape index (κ1) is 25.9. The number of benzene rings is 3.